The maximum Gasteiger partial charge on any atom is 0.349 e. The number of ether oxygens (including phenoxy) is 1. The summed E-state index contributed by atoms with van der Waals surface area (Å²) in [5.74, 6) is -0.414. The summed E-state index contributed by atoms with van der Waals surface area (Å²) >= 11 is 1.26. The highest BCUT2D eigenvalue weighted by molar-refractivity contribution is 7.14. The van der Waals surface area contributed by atoms with E-state index in [-0.39, 0.29) is 5.41 Å². The molecule has 1 rings (SSSR count). The summed E-state index contributed by atoms with van der Waals surface area (Å²) in [5.41, 5.74) is 0.203. The summed E-state index contributed by atoms with van der Waals surface area (Å²) in [6.45, 7) is 8.84. The molecule has 0 unspecified atom stereocenters. The summed E-state index contributed by atoms with van der Waals surface area (Å²) in [5, 5.41) is 8.97. The first-order valence-electron chi connectivity index (χ1n) is 5.26. The van der Waals surface area contributed by atoms with Crippen LogP contribution >= 0.6 is 11.3 Å². The molecule has 90 valence electrons. The molecule has 0 saturated heterocycles. The molecule has 0 aliphatic heterocycles. The van der Waals surface area contributed by atoms with Crippen molar-refractivity contribution in [3.05, 3.63) is 15.8 Å². The predicted octanol–water partition coefficient (Wildman–Crippen LogP) is 3.57. The highest BCUT2D eigenvalue weighted by Gasteiger charge is 2.16. The number of hydrogen-bond donors (Lipinski definition) is 1. The number of carbonyl (C=O) groups is 1. The van der Waals surface area contributed by atoms with Gasteiger partial charge in [-0.05, 0) is 24.8 Å². The van der Waals surface area contributed by atoms with E-state index in [9.17, 15) is 4.79 Å². The normalized spacial score (nSPS) is 11.5. The second-order valence-electron chi connectivity index (χ2n) is 5.01. The van der Waals surface area contributed by atoms with E-state index in [2.05, 4.69) is 20.8 Å². The second kappa shape index (κ2) is 4.87. The molecule has 0 amide bonds. The molecule has 0 radical (unpaired) electrons. The van der Waals surface area contributed by atoms with Gasteiger partial charge < -0.3 is 9.84 Å². The van der Waals surface area contributed by atoms with Crippen LogP contribution in [0, 0.1) is 12.3 Å². The van der Waals surface area contributed by atoms with E-state index in [1.807, 2.05) is 6.92 Å². The van der Waals surface area contributed by atoms with Gasteiger partial charge in [0.05, 0.1) is 6.61 Å². The van der Waals surface area contributed by atoms with Gasteiger partial charge in [-0.3, -0.25) is 0 Å². The third kappa shape index (κ3) is 3.85. The van der Waals surface area contributed by atoms with Crippen molar-refractivity contribution in [3.63, 3.8) is 0 Å². The van der Waals surface area contributed by atoms with Crippen molar-refractivity contribution >= 4 is 17.3 Å². The third-order valence-electron chi connectivity index (χ3n) is 2.13. The van der Waals surface area contributed by atoms with Gasteiger partial charge in [-0.25, -0.2) is 4.79 Å². The van der Waals surface area contributed by atoms with Crippen molar-refractivity contribution in [2.45, 2.75) is 34.1 Å². The van der Waals surface area contributed by atoms with Crippen molar-refractivity contribution in [3.8, 4) is 5.75 Å². The maximum atomic E-state index is 10.9. The Hall–Kier alpha value is -1.03. The lowest BCUT2D eigenvalue weighted by atomic mass is 9.93. The number of aryl methyl sites for hydroxylation is 1. The average Bonchev–Trinajstić information content (AvgIpc) is 2.44. The minimum Gasteiger partial charge on any atom is -0.492 e. The van der Waals surface area contributed by atoms with Crippen LogP contribution in [0.2, 0.25) is 0 Å². The van der Waals surface area contributed by atoms with Crippen molar-refractivity contribution < 1.29 is 14.6 Å². The van der Waals surface area contributed by atoms with E-state index in [0.717, 1.165) is 11.3 Å². The first-order chi connectivity index (χ1) is 7.29. The summed E-state index contributed by atoms with van der Waals surface area (Å²) in [4.78, 5) is 12.2. The lowest BCUT2D eigenvalue weighted by Gasteiger charge is -2.17. The molecule has 3 nitrogen and oxygen atoms in total. The zero-order valence-electron chi connectivity index (χ0n) is 10.2. The molecular weight excluding hydrogens is 224 g/mol. The van der Waals surface area contributed by atoms with Gasteiger partial charge in [0.2, 0.25) is 0 Å². The van der Waals surface area contributed by atoms with E-state index in [1.165, 1.54) is 11.3 Å². The molecule has 1 N–H and O–H groups in total. The number of aromatic carboxylic acids is 1. The molecule has 0 fully saturated rings. The van der Waals surface area contributed by atoms with Gasteiger partial charge in [0.25, 0.3) is 0 Å². The molecule has 0 saturated carbocycles. The Labute approximate surface area is 100 Å². The van der Waals surface area contributed by atoms with Gasteiger partial charge in [-0.15, -0.1) is 11.3 Å². The first kappa shape index (κ1) is 13.0. The van der Waals surface area contributed by atoms with Gasteiger partial charge in [-0.1, -0.05) is 20.8 Å². The van der Waals surface area contributed by atoms with Crippen LogP contribution in [0.25, 0.3) is 0 Å². The summed E-state index contributed by atoms with van der Waals surface area (Å²) < 4.78 is 5.52. The standard InChI is InChI=1S/C12H18O3S/c1-8-7-9(10(16-8)11(13)14)15-6-5-12(2,3)4/h7H,5-6H2,1-4H3,(H,13,14). The molecule has 16 heavy (non-hydrogen) atoms. The van der Waals surface area contributed by atoms with E-state index >= 15 is 0 Å². The molecule has 1 aromatic rings. The minimum atomic E-state index is -0.913. The van der Waals surface area contributed by atoms with Crippen LogP contribution in [0.5, 0.6) is 5.75 Å². The third-order valence-corrected chi connectivity index (χ3v) is 3.14. The van der Waals surface area contributed by atoms with Gasteiger partial charge in [-0.2, -0.15) is 0 Å². The number of thiophene rings is 1. The maximum absolute atomic E-state index is 10.9. The molecule has 4 heteroatoms. The minimum absolute atomic E-state index is 0.203. The number of rotatable bonds is 4. The molecule has 0 atom stereocenters. The van der Waals surface area contributed by atoms with Crippen LogP contribution < -0.4 is 4.74 Å². The molecule has 0 bridgehead atoms. The molecule has 1 aromatic heterocycles. The van der Waals surface area contributed by atoms with Crippen molar-refractivity contribution in [1.29, 1.82) is 0 Å². The quantitative estimate of drug-likeness (QED) is 0.878. The Morgan fingerprint density at radius 3 is 2.62 bits per heavy atom. The Morgan fingerprint density at radius 1 is 1.50 bits per heavy atom. The SMILES string of the molecule is Cc1cc(OCCC(C)(C)C)c(C(=O)O)s1. The fraction of sp³-hybridized carbons (Fsp3) is 0.583. The first-order valence-corrected chi connectivity index (χ1v) is 6.08. The Morgan fingerprint density at radius 2 is 2.12 bits per heavy atom. The molecule has 1 heterocycles. The fourth-order valence-electron chi connectivity index (χ4n) is 1.21. The summed E-state index contributed by atoms with van der Waals surface area (Å²) in [7, 11) is 0. The number of carboxylic acids is 1. The van der Waals surface area contributed by atoms with Crippen LogP contribution in [0.1, 0.15) is 41.7 Å². The molecule has 0 aromatic carbocycles. The highest BCUT2D eigenvalue weighted by Crippen LogP contribution is 2.29. The topological polar surface area (TPSA) is 46.5 Å². The van der Waals surface area contributed by atoms with Crippen molar-refractivity contribution in [2.24, 2.45) is 5.41 Å². The monoisotopic (exact) mass is 242 g/mol. The largest absolute Gasteiger partial charge is 0.492 e. The average molecular weight is 242 g/mol. The lowest BCUT2D eigenvalue weighted by Crippen LogP contribution is -2.11. The van der Waals surface area contributed by atoms with Crippen LogP contribution in [-0.4, -0.2) is 17.7 Å². The fourth-order valence-corrected chi connectivity index (χ4v) is 2.01. The van der Waals surface area contributed by atoms with Gasteiger partial charge in [0.1, 0.15) is 5.75 Å². The Balaban J connectivity index is 2.63. The number of hydrogen-bond acceptors (Lipinski definition) is 3. The van der Waals surface area contributed by atoms with Crippen LogP contribution in [0.4, 0.5) is 0 Å². The second-order valence-corrected chi connectivity index (χ2v) is 6.27. The van der Waals surface area contributed by atoms with E-state index in [1.54, 1.807) is 6.07 Å². The molecule has 0 aliphatic rings. The lowest BCUT2D eigenvalue weighted by molar-refractivity contribution is 0.0697. The highest BCUT2D eigenvalue weighted by atomic mass is 32.1. The van der Waals surface area contributed by atoms with Crippen LogP contribution in [0.15, 0.2) is 6.07 Å². The number of carboxylic acid groups (broad SMARTS) is 1. The van der Waals surface area contributed by atoms with E-state index in [4.69, 9.17) is 9.84 Å². The van der Waals surface area contributed by atoms with Crippen molar-refractivity contribution in [2.75, 3.05) is 6.61 Å². The molecular formula is C12H18O3S. The zero-order valence-corrected chi connectivity index (χ0v) is 11.0. The van der Waals surface area contributed by atoms with Crippen molar-refractivity contribution in [1.82, 2.24) is 0 Å². The van der Waals surface area contributed by atoms with E-state index in [0.29, 0.717) is 17.2 Å². The van der Waals surface area contributed by atoms with Gasteiger partial charge >= 0.3 is 5.97 Å². The molecule has 0 aliphatic carbocycles. The van der Waals surface area contributed by atoms with E-state index < -0.39 is 5.97 Å². The smallest absolute Gasteiger partial charge is 0.349 e. The summed E-state index contributed by atoms with van der Waals surface area (Å²) in [6.07, 6.45) is 0.904. The van der Waals surface area contributed by atoms with Gasteiger partial charge in [0, 0.05) is 4.88 Å². The zero-order chi connectivity index (χ0) is 12.3. The predicted molar refractivity (Wildman–Crippen MR) is 65.6 cm³/mol. The van der Waals surface area contributed by atoms with Crippen LogP contribution in [0.3, 0.4) is 0 Å². The molecule has 0 spiro atoms. The van der Waals surface area contributed by atoms with Crippen LogP contribution in [-0.2, 0) is 0 Å². The summed E-state index contributed by atoms with van der Waals surface area (Å²) in [6, 6.07) is 1.79. The Bertz CT molecular complexity index is 374. The Kier molecular flexibility index (Phi) is 3.97. The van der Waals surface area contributed by atoms with Gasteiger partial charge in [0.15, 0.2) is 4.88 Å².